The Morgan fingerprint density at radius 1 is 1.24 bits per heavy atom. The number of ketones is 1. The molecule has 0 aliphatic carbocycles. The van der Waals surface area contributed by atoms with E-state index in [1.165, 1.54) is 26.0 Å². The topological polar surface area (TPSA) is 29.1 Å². The highest BCUT2D eigenvalue weighted by atomic mass is 19.1. The minimum atomic E-state index is -0.561. The van der Waals surface area contributed by atoms with E-state index in [-0.39, 0.29) is 24.4 Å². The molecule has 1 N–H and O–H groups in total. The van der Waals surface area contributed by atoms with Gasteiger partial charge < -0.3 is 5.32 Å². The first-order valence-corrected chi connectivity index (χ1v) is 5.65. The number of hydrogen-bond donors (Lipinski definition) is 1. The molecule has 0 saturated heterocycles. The molecule has 0 spiro atoms. The lowest BCUT2D eigenvalue weighted by atomic mass is 10.1. The SMILES string of the molecule is CC.CC(=O)CNCc1cc(F)c(C)c(F)c1. The van der Waals surface area contributed by atoms with Crippen LogP contribution in [0, 0.1) is 18.6 Å². The Morgan fingerprint density at radius 2 is 1.71 bits per heavy atom. The summed E-state index contributed by atoms with van der Waals surface area (Å²) in [6, 6.07) is 2.54. The number of nitrogens with one attached hydrogen (secondary N) is 1. The van der Waals surface area contributed by atoms with Gasteiger partial charge in [0.15, 0.2) is 0 Å². The number of hydrogen-bond acceptors (Lipinski definition) is 2. The van der Waals surface area contributed by atoms with Crippen LogP contribution in [0.15, 0.2) is 12.1 Å². The summed E-state index contributed by atoms with van der Waals surface area (Å²) in [4.78, 5) is 10.6. The summed E-state index contributed by atoms with van der Waals surface area (Å²) in [7, 11) is 0. The van der Waals surface area contributed by atoms with E-state index in [4.69, 9.17) is 0 Å². The second-order valence-electron chi connectivity index (χ2n) is 3.49. The second kappa shape index (κ2) is 7.90. The van der Waals surface area contributed by atoms with Gasteiger partial charge in [0.2, 0.25) is 0 Å². The third kappa shape index (κ3) is 5.54. The summed E-state index contributed by atoms with van der Waals surface area (Å²) < 4.78 is 26.2. The van der Waals surface area contributed by atoms with Gasteiger partial charge in [-0.15, -0.1) is 0 Å². The summed E-state index contributed by atoms with van der Waals surface area (Å²) in [5, 5.41) is 2.79. The fourth-order valence-electron chi connectivity index (χ4n) is 1.18. The van der Waals surface area contributed by atoms with Crippen LogP contribution in [-0.2, 0) is 11.3 Å². The van der Waals surface area contributed by atoms with Gasteiger partial charge in [-0.05, 0) is 31.5 Å². The molecule has 0 amide bonds. The molecule has 4 heteroatoms. The van der Waals surface area contributed by atoms with Crippen molar-refractivity contribution in [3.63, 3.8) is 0 Å². The first-order valence-electron chi connectivity index (χ1n) is 5.65. The predicted molar refractivity (Wildman–Crippen MR) is 64.8 cm³/mol. The Bertz CT molecular complexity index is 355. The van der Waals surface area contributed by atoms with Crippen molar-refractivity contribution in [2.75, 3.05) is 6.54 Å². The van der Waals surface area contributed by atoms with Crippen molar-refractivity contribution in [2.45, 2.75) is 34.2 Å². The van der Waals surface area contributed by atoms with Crippen molar-refractivity contribution in [1.82, 2.24) is 5.32 Å². The van der Waals surface area contributed by atoms with Crippen LogP contribution >= 0.6 is 0 Å². The Morgan fingerprint density at radius 3 is 2.12 bits per heavy atom. The molecule has 0 bridgehead atoms. The van der Waals surface area contributed by atoms with Crippen molar-refractivity contribution in [2.24, 2.45) is 0 Å². The van der Waals surface area contributed by atoms with E-state index in [1.807, 2.05) is 13.8 Å². The van der Waals surface area contributed by atoms with Crippen molar-refractivity contribution < 1.29 is 13.6 Å². The number of rotatable bonds is 4. The summed E-state index contributed by atoms with van der Waals surface area (Å²) >= 11 is 0. The minimum absolute atomic E-state index is 0.0111. The highest BCUT2D eigenvalue weighted by molar-refractivity contribution is 5.77. The Labute approximate surface area is 101 Å². The molecule has 17 heavy (non-hydrogen) atoms. The molecule has 0 atom stereocenters. The lowest BCUT2D eigenvalue weighted by molar-refractivity contribution is -0.116. The van der Waals surface area contributed by atoms with Gasteiger partial charge in [0.25, 0.3) is 0 Å². The molecule has 0 fully saturated rings. The van der Waals surface area contributed by atoms with Crippen LogP contribution in [-0.4, -0.2) is 12.3 Å². The molecule has 2 nitrogen and oxygen atoms in total. The zero-order valence-corrected chi connectivity index (χ0v) is 10.7. The Kier molecular flexibility index (Phi) is 7.30. The first kappa shape index (κ1) is 15.7. The molecular formula is C13H19F2NO. The molecule has 0 radical (unpaired) electrons. The summed E-state index contributed by atoms with van der Waals surface area (Å²) in [5.41, 5.74) is 0.516. The van der Waals surface area contributed by atoms with E-state index >= 15 is 0 Å². The average molecular weight is 243 g/mol. The molecule has 0 heterocycles. The molecule has 1 aromatic rings. The quantitative estimate of drug-likeness (QED) is 0.880. The maximum absolute atomic E-state index is 13.1. The Hall–Kier alpha value is -1.29. The highest BCUT2D eigenvalue weighted by Gasteiger charge is 2.06. The van der Waals surface area contributed by atoms with E-state index in [9.17, 15) is 13.6 Å². The second-order valence-corrected chi connectivity index (χ2v) is 3.49. The van der Waals surface area contributed by atoms with E-state index in [1.54, 1.807) is 0 Å². The smallest absolute Gasteiger partial charge is 0.143 e. The van der Waals surface area contributed by atoms with Gasteiger partial charge >= 0.3 is 0 Å². The summed E-state index contributed by atoms with van der Waals surface area (Å²) in [6.07, 6.45) is 0. The van der Waals surface area contributed by atoms with Crippen LogP contribution < -0.4 is 5.32 Å². The van der Waals surface area contributed by atoms with Crippen LogP contribution in [0.3, 0.4) is 0 Å². The van der Waals surface area contributed by atoms with E-state index < -0.39 is 11.6 Å². The van der Waals surface area contributed by atoms with Crippen LogP contribution in [0.4, 0.5) is 8.78 Å². The Balaban J connectivity index is 0.00000121. The number of carbonyl (C=O) groups is 1. The third-order valence-corrected chi connectivity index (χ3v) is 2.04. The zero-order valence-electron chi connectivity index (χ0n) is 10.7. The van der Waals surface area contributed by atoms with Crippen LogP contribution in [0.25, 0.3) is 0 Å². The van der Waals surface area contributed by atoms with Gasteiger partial charge in [-0.25, -0.2) is 8.78 Å². The maximum atomic E-state index is 13.1. The monoisotopic (exact) mass is 243 g/mol. The molecule has 0 aliphatic rings. The molecule has 1 rings (SSSR count). The normalized spacial score (nSPS) is 9.53. The molecule has 96 valence electrons. The number of Topliss-reactive ketones (excluding diaryl/α,β-unsaturated/α-hetero) is 1. The summed E-state index contributed by atoms with van der Waals surface area (Å²) in [6.45, 7) is 7.32. The van der Waals surface area contributed by atoms with Crippen LogP contribution in [0.2, 0.25) is 0 Å². The maximum Gasteiger partial charge on any atom is 0.143 e. The van der Waals surface area contributed by atoms with E-state index in [2.05, 4.69) is 5.32 Å². The molecule has 0 aliphatic heterocycles. The minimum Gasteiger partial charge on any atom is -0.306 e. The lowest BCUT2D eigenvalue weighted by Gasteiger charge is -2.05. The van der Waals surface area contributed by atoms with E-state index in [0.29, 0.717) is 5.56 Å². The molecular weight excluding hydrogens is 224 g/mol. The molecule has 1 aromatic carbocycles. The van der Waals surface area contributed by atoms with Crippen molar-refractivity contribution in [1.29, 1.82) is 0 Å². The van der Waals surface area contributed by atoms with Gasteiger partial charge in [-0.2, -0.15) is 0 Å². The standard InChI is InChI=1S/C11H13F2NO.C2H6/c1-7(15)5-14-6-9-3-10(12)8(2)11(13)4-9;1-2/h3-4,14H,5-6H2,1-2H3;1-2H3. The predicted octanol–water partition coefficient (Wildman–Crippen LogP) is 2.98. The average Bonchev–Trinajstić information content (AvgIpc) is 2.28. The first-order chi connectivity index (χ1) is 8.00. The molecule has 0 unspecified atom stereocenters. The van der Waals surface area contributed by atoms with Gasteiger partial charge in [0.05, 0.1) is 6.54 Å². The van der Waals surface area contributed by atoms with Gasteiger partial charge in [-0.1, -0.05) is 13.8 Å². The van der Waals surface area contributed by atoms with E-state index in [0.717, 1.165) is 0 Å². The fraction of sp³-hybridized carbons (Fsp3) is 0.462. The largest absolute Gasteiger partial charge is 0.306 e. The van der Waals surface area contributed by atoms with Gasteiger partial charge in [0.1, 0.15) is 17.4 Å². The number of halogens is 2. The molecule has 0 saturated carbocycles. The van der Waals surface area contributed by atoms with Crippen molar-refractivity contribution in [3.05, 3.63) is 34.9 Å². The lowest BCUT2D eigenvalue weighted by Crippen LogP contribution is -2.20. The number of benzene rings is 1. The highest BCUT2D eigenvalue weighted by Crippen LogP contribution is 2.13. The fourth-order valence-corrected chi connectivity index (χ4v) is 1.18. The van der Waals surface area contributed by atoms with Gasteiger partial charge in [-0.3, -0.25) is 4.79 Å². The van der Waals surface area contributed by atoms with Crippen LogP contribution in [0.1, 0.15) is 31.9 Å². The number of carbonyl (C=O) groups excluding carboxylic acids is 1. The molecule has 0 aromatic heterocycles. The zero-order chi connectivity index (χ0) is 13.4. The summed E-state index contributed by atoms with van der Waals surface area (Å²) in [5.74, 6) is -1.13. The third-order valence-electron chi connectivity index (χ3n) is 2.04. The van der Waals surface area contributed by atoms with Crippen molar-refractivity contribution in [3.8, 4) is 0 Å². The van der Waals surface area contributed by atoms with Gasteiger partial charge in [0, 0.05) is 12.1 Å². The van der Waals surface area contributed by atoms with Crippen molar-refractivity contribution >= 4 is 5.78 Å². The van der Waals surface area contributed by atoms with Crippen LogP contribution in [0.5, 0.6) is 0 Å².